The molecule has 0 bridgehead atoms. The normalized spacial score (nSPS) is 52.6. The lowest BCUT2D eigenvalue weighted by Gasteiger charge is -2.71. The smallest absolute Gasteiger partial charge is 0.187 e. The van der Waals surface area contributed by atoms with Gasteiger partial charge in [0.05, 0.1) is 43.2 Å². The van der Waals surface area contributed by atoms with Gasteiger partial charge in [-0.25, -0.2) is 0 Å². The Kier molecular flexibility index (Phi) is 12.9. The summed E-state index contributed by atoms with van der Waals surface area (Å²) in [5.41, 5.74) is -2.08. The molecule has 0 radical (unpaired) electrons. The van der Waals surface area contributed by atoms with E-state index in [2.05, 4.69) is 27.4 Å². The first-order chi connectivity index (χ1) is 26.4. The standard InChI is InChI=1S/C42H72O15/c1-19(2)21(44)10-14-42(8,57-37-34(52)32(50)30(48)25(56-37)18-54-36-33(51)31(49)29(47)24(17-43)55-36)20-9-12-41(7)28(20)22(45)15-27-39(5)16-23(46)35(53)38(3,4)26(39)11-13-40(27,41)6/h20-37,43-53H,1,9-18H2,2-8H3/t20-,21-,22+,23+,24+,25+,26-,27+,28-,29+,30+,31-,32-,33+,34+,35-,36+,37-,39-,40+,41+,42-/m0/s1. The Hall–Kier alpha value is -0.860. The van der Waals surface area contributed by atoms with Crippen molar-refractivity contribution in [1.82, 2.24) is 0 Å². The fourth-order valence-corrected chi connectivity index (χ4v) is 13.4. The van der Waals surface area contributed by atoms with Crippen molar-refractivity contribution in [1.29, 1.82) is 0 Å². The number of fused-ring (bicyclic) bond motifs is 5. The minimum Gasteiger partial charge on any atom is -0.394 e. The summed E-state index contributed by atoms with van der Waals surface area (Å²) < 4.78 is 24.0. The highest BCUT2D eigenvalue weighted by atomic mass is 16.7. The van der Waals surface area contributed by atoms with Crippen molar-refractivity contribution >= 4 is 0 Å². The van der Waals surface area contributed by atoms with E-state index in [1.54, 1.807) is 6.92 Å². The van der Waals surface area contributed by atoms with Crippen molar-refractivity contribution in [3.63, 3.8) is 0 Å². The van der Waals surface area contributed by atoms with E-state index in [1.165, 1.54) is 0 Å². The highest BCUT2D eigenvalue weighted by Gasteiger charge is 2.72. The highest BCUT2D eigenvalue weighted by Crippen LogP contribution is 2.76. The van der Waals surface area contributed by atoms with Gasteiger partial charge in [0.25, 0.3) is 0 Å². The summed E-state index contributed by atoms with van der Waals surface area (Å²) in [7, 11) is 0. The number of hydrogen-bond acceptors (Lipinski definition) is 15. The van der Waals surface area contributed by atoms with Crippen molar-refractivity contribution in [3.05, 3.63) is 12.2 Å². The van der Waals surface area contributed by atoms with Crippen molar-refractivity contribution in [2.45, 2.75) is 191 Å². The van der Waals surface area contributed by atoms with Gasteiger partial charge in [0.2, 0.25) is 0 Å². The number of rotatable bonds is 11. The Bertz CT molecular complexity index is 1430. The molecule has 4 saturated carbocycles. The molecule has 2 aliphatic heterocycles. The number of ether oxygens (including phenoxy) is 4. The maximum atomic E-state index is 12.4. The largest absolute Gasteiger partial charge is 0.394 e. The van der Waals surface area contributed by atoms with Crippen LogP contribution in [0.5, 0.6) is 0 Å². The van der Waals surface area contributed by atoms with Gasteiger partial charge in [0.15, 0.2) is 12.6 Å². The Morgan fingerprint density at radius 3 is 1.96 bits per heavy atom. The van der Waals surface area contributed by atoms with E-state index in [9.17, 15) is 56.2 Å². The second-order valence-electron chi connectivity index (χ2n) is 20.4. The molecule has 6 rings (SSSR count). The molecule has 4 aliphatic carbocycles. The average Bonchev–Trinajstić information content (AvgIpc) is 3.53. The van der Waals surface area contributed by atoms with Crippen LogP contribution in [0.15, 0.2) is 12.2 Å². The summed E-state index contributed by atoms with van der Waals surface area (Å²) in [6.45, 7) is 17.3. The monoisotopic (exact) mass is 816 g/mol. The first-order valence-electron chi connectivity index (χ1n) is 21.1. The van der Waals surface area contributed by atoms with Crippen LogP contribution in [0.1, 0.15) is 99.8 Å². The van der Waals surface area contributed by atoms with E-state index < -0.39 is 110 Å². The third-order valence-electron chi connectivity index (χ3n) is 16.9. The van der Waals surface area contributed by atoms with Crippen molar-refractivity contribution in [2.24, 2.45) is 45.3 Å². The van der Waals surface area contributed by atoms with Gasteiger partial charge in [0, 0.05) is 0 Å². The van der Waals surface area contributed by atoms with Gasteiger partial charge in [-0.2, -0.15) is 0 Å². The van der Waals surface area contributed by atoms with Gasteiger partial charge in [-0.3, -0.25) is 0 Å². The summed E-state index contributed by atoms with van der Waals surface area (Å²) in [4.78, 5) is 0. The summed E-state index contributed by atoms with van der Waals surface area (Å²) >= 11 is 0. The van der Waals surface area contributed by atoms with E-state index >= 15 is 0 Å². The Morgan fingerprint density at radius 2 is 1.35 bits per heavy atom. The van der Waals surface area contributed by atoms with Crippen molar-refractivity contribution in [2.75, 3.05) is 13.2 Å². The minimum atomic E-state index is -1.75. The molecule has 6 aliphatic rings. The van der Waals surface area contributed by atoms with Crippen LogP contribution >= 0.6 is 0 Å². The molecule has 2 heterocycles. The molecule has 0 spiro atoms. The molecule has 2 saturated heterocycles. The fraction of sp³-hybridized carbons (Fsp3) is 0.952. The van der Waals surface area contributed by atoms with Gasteiger partial charge in [-0.05, 0) is 111 Å². The molecule has 0 unspecified atom stereocenters. The predicted molar refractivity (Wildman–Crippen MR) is 204 cm³/mol. The first kappa shape index (κ1) is 45.7. The maximum absolute atomic E-state index is 12.4. The van der Waals surface area contributed by atoms with Crippen molar-refractivity contribution < 1.29 is 75.1 Å². The molecule has 57 heavy (non-hydrogen) atoms. The van der Waals surface area contributed by atoms with Crippen LogP contribution in [-0.2, 0) is 18.9 Å². The zero-order chi connectivity index (χ0) is 42.4. The molecule has 6 fully saturated rings. The lowest BCUT2D eigenvalue weighted by Crippen LogP contribution is -2.68. The number of aliphatic hydroxyl groups is 11. The SMILES string of the molecule is C=C(C)[C@@H](O)CC[C@](C)(O[C@@H]1O[C@H](CO[C@@H]2O[C@H](CO)[C@@H](O)[C@H](O)[C@H]2O)[C@@H](O)[C@H](O)[C@H]1O)[C@H]1CC[C@]2(C)[C@@H]1[C@H](O)C[C@@H]1[C@@]3(C)C[C@@H](O)[C@H](O)C(C)(C)[C@@H]3CC[C@]12C. The zero-order valence-corrected chi connectivity index (χ0v) is 34.7. The van der Waals surface area contributed by atoms with E-state index in [4.69, 9.17) is 18.9 Å². The Morgan fingerprint density at radius 1 is 0.772 bits per heavy atom. The van der Waals surface area contributed by atoms with Crippen molar-refractivity contribution in [3.8, 4) is 0 Å². The molecular weight excluding hydrogens is 744 g/mol. The molecule has 0 amide bonds. The number of aliphatic hydroxyl groups excluding tert-OH is 11. The third-order valence-corrected chi connectivity index (χ3v) is 16.9. The highest BCUT2D eigenvalue weighted by molar-refractivity contribution is 5.21. The van der Waals surface area contributed by atoms with Gasteiger partial charge in [-0.15, -0.1) is 0 Å². The van der Waals surface area contributed by atoms with Gasteiger partial charge >= 0.3 is 0 Å². The molecular formula is C42H72O15. The van der Waals surface area contributed by atoms with Crippen LogP contribution in [0.2, 0.25) is 0 Å². The quantitative estimate of drug-likeness (QED) is 0.124. The number of hydrogen-bond donors (Lipinski definition) is 11. The second kappa shape index (κ2) is 16.1. The first-order valence-corrected chi connectivity index (χ1v) is 21.1. The molecule has 15 heteroatoms. The predicted octanol–water partition coefficient (Wildman–Crippen LogP) is 0.0906. The zero-order valence-electron chi connectivity index (χ0n) is 34.7. The average molecular weight is 817 g/mol. The molecule has 0 aromatic rings. The van der Waals surface area contributed by atoms with Crippen LogP contribution < -0.4 is 0 Å². The molecule has 330 valence electrons. The fourth-order valence-electron chi connectivity index (χ4n) is 13.4. The maximum Gasteiger partial charge on any atom is 0.187 e. The lowest BCUT2D eigenvalue weighted by atomic mass is 9.35. The van der Waals surface area contributed by atoms with Gasteiger partial charge < -0.3 is 75.1 Å². The molecule has 11 N–H and O–H groups in total. The van der Waals surface area contributed by atoms with Crippen LogP contribution in [0.25, 0.3) is 0 Å². The summed E-state index contributed by atoms with van der Waals surface area (Å²) in [6, 6.07) is 0. The van der Waals surface area contributed by atoms with E-state index in [1.807, 2.05) is 20.8 Å². The van der Waals surface area contributed by atoms with Crippen LogP contribution in [-0.4, -0.2) is 161 Å². The second-order valence-corrected chi connectivity index (χ2v) is 20.4. The van der Waals surface area contributed by atoms with Gasteiger partial charge in [-0.1, -0.05) is 46.8 Å². The third kappa shape index (κ3) is 7.39. The topological polar surface area (TPSA) is 259 Å². The van der Waals surface area contributed by atoms with E-state index in [0.717, 1.165) is 19.3 Å². The van der Waals surface area contributed by atoms with E-state index in [0.29, 0.717) is 24.8 Å². The molecule has 0 aromatic carbocycles. The van der Waals surface area contributed by atoms with Crippen LogP contribution in [0.3, 0.4) is 0 Å². The Labute approximate surface area is 336 Å². The lowest BCUT2D eigenvalue weighted by molar-refractivity contribution is -0.350. The summed E-state index contributed by atoms with van der Waals surface area (Å²) in [5, 5.41) is 120. The molecule has 22 atom stereocenters. The Balaban J connectivity index is 1.27. The molecule has 15 nitrogen and oxygen atoms in total. The molecule has 0 aromatic heterocycles. The summed E-state index contributed by atoms with van der Waals surface area (Å²) in [5.74, 6) is -0.383. The van der Waals surface area contributed by atoms with E-state index in [-0.39, 0.29) is 52.8 Å². The van der Waals surface area contributed by atoms with Crippen LogP contribution in [0, 0.1) is 45.3 Å². The van der Waals surface area contributed by atoms with Gasteiger partial charge in [0.1, 0.15) is 48.8 Å². The summed E-state index contributed by atoms with van der Waals surface area (Å²) in [6.07, 6.45) is -14.5. The minimum absolute atomic E-state index is 0.0576. The van der Waals surface area contributed by atoms with Crippen LogP contribution in [0.4, 0.5) is 0 Å².